The number of piperidine rings is 1. The van der Waals surface area contributed by atoms with E-state index in [4.69, 9.17) is 4.74 Å². The number of Topliss-reactive ketones (excluding diaryl/α,β-unsaturated/α-hetero) is 1. The maximum atomic E-state index is 11.7. The van der Waals surface area contributed by atoms with Crippen LogP contribution < -0.4 is 5.32 Å². The molecule has 0 atom stereocenters. The summed E-state index contributed by atoms with van der Waals surface area (Å²) in [4.78, 5) is 11.7. The van der Waals surface area contributed by atoms with Crippen LogP contribution in [0.1, 0.15) is 77.6 Å². The van der Waals surface area contributed by atoms with Gasteiger partial charge in [0.05, 0.1) is 6.10 Å². The molecule has 1 fully saturated rings. The molecule has 3 heteroatoms. The lowest BCUT2D eigenvalue weighted by atomic mass is 10.1. The van der Waals surface area contributed by atoms with Gasteiger partial charge in [0.15, 0.2) is 5.78 Å². The Kier molecular flexibility index (Phi) is 10.9. The first-order chi connectivity index (χ1) is 9.83. The Balaban J connectivity index is 1.84. The molecule has 0 unspecified atom stereocenters. The van der Waals surface area contributed by atoms with Crippen molar-refractivity contribution >= 4 is 5.78 Å². The smallest absolute Gasteiger partial charge is 0.158 e. The van der Waals surface area contributed by atoms with Gasteiger partial charge in [-0.05, 0) is 32.4 Å². The Bertz CT molecular complexity index is 237. The predicted octanol–water partition coefficient (Wildman–Crippen LogP) is 3.85. The summed E-state index contributed by atoms with van der Waals surface area (Å²) in [5.41, 5.74) is 0. The molecule has 0 aromatic heterocycles. The summed E-state index contributed by atoms with van der Waals surface area (Å²) in [6, 6.07) is 0. The molecule has 0 aliphatic carbocycles. The molecule has 0 saturated carbocycles. The predicted molar refractivity (Wildman–Crippen MR) is 84.1 cm³/mol. The highest BCUT2D eigenvalue weighted by atomic mass is 16.5. The first-order valence-electron chi connectivity index (χ1n) is 8.67. The Morgan fingerprint density at radius 3 is 2.25 bits per heavy atom. The first-order valence-corrected chi connectivity index (χ1v) is 8.67. The molecular weight excluding hydrogens is 250 g/mol. The van der Waals surface area contributed by atoms with E-state index in [2.05, 4.69) is 12.2 Å². The summed E-state index contributed by atoms with van der Waals surface area (Å²) in [5, 5.41) is 3.30. The number of ketones is 1. The lowest BCUT2D eigenvalue weighted by Gasteiger charge is -2.22. The van der Waals surface area contributed by atoms with Gasteiger partial charge in [-0.3, -0.25) is 4.79 Å². The third kappa shape index (κ3) is 9.49. The van der Waals surface area contributed by atoms with Crippen LogP contribution in [-0.2, 0) is 9.53 Å². The van der Waals surface area contributed by atoms with Crippen molar-refractivity contribution in [2.45, 2.75) is 83.7 Å². The van der Waals surface area contributed by atoms with Crippen molar-refractivity contribution in [1.82, 2.24) is 5.32 Å². The van der Waals surface area contributed by atoms with Crippen LogP contribution in [0.25, 0.3) is 0 Å². The molecule has 1 saturated heterocycles. The fourth-order valence-corrected chi connectivity index (χ4v) is 2.70. The fourth-order valence-electron chi connectivity index (χ4n) is 2.70. The second kappa shape index (κ2) is 12.3. The molecule has 1 aliphatic heterocycles. The summed E-state index contributed by atoms with van der Waals surface area (Å²) < 4.78 is 5.68. The number of carbonyl (C=O) groups is 1. The van der Waals surface area contributed by atoms with Crippen molar-refractivity contribution in [2.75, 3.05) is 19.7 Å². The maximum Gasteiger partial charge on any atom is 0.158 e. The molecule has 0 amide bonds. The monoisotopic (exact) mass is 283 g/mol. The highest BCUT2D eigenvalue weighted by Gasteiger charge is 2.14. The van der Waals surface area contributed by atoms with Gasteiger partial charge in [-0.25, -0.2) is 0 Å². The first kappa shape index (κ1) is 17.6. The van der Waals surface area contributed by atoms with Crippen molar-refractivity contribution in [3.63, 3.8) is 0 Å². The topological polar surface area (TPSA) is 38.3 Å². The molecule has 0 bridgehead atoms. The van der Waals surface area contributed by atoms with E-state index in [1.54, 1.807) is 0 Å². The van der Waals surface area contributed by atoms with Crippen LogP contribution in [0.15, 0.2) is 0 Å². The van der Waals surface area contributed by atoms with Gasteiger partial charge in [-0.1, -0.05) is 51.9 Å². The average Bonchev–Trinajstić information content (AvgIpc) is 2.49. The average molecular weight is 283 g/mol. The molecule has 0 radical (unpaired) electrons. The molecule has 1 N–H and O–H groups in total. The van der Waals surface area contributed by atoms with Gasteiger partial charge < -0.3 is 10.1 Å². The number of ether oxygens (including phenoxy) is 1. The van der Waals surface area contributed by atoms with Crippen LogP contribution in [0.3, 0.4) is 0 Å². The molecule has 118 valence electrons. The molecular formula is C17H33NO2. The molecule has 3 nitrogen and oxygen atoms in total. The van der Waals surface area contributed by atoms with Crippen molar-refractivity contribution in [2.24, 2.45) is 0 Å². The lowest BCUT2D eigenvalue weighted by molar-refractivity contribution is -0.126. The maximum absolute atomic E-state index is 11.7. The van der Waals surface area contributed by atoms with Gasteiger partial charge in [-0.15, -0.1) is 0 Å². The van der Waals surface area contributed by atoms with E-state index in [0.717, 1.165) is 32.4 Å². The molecule has 0 spiro atoms. The van der Waals surface area contributed by atoms with Gasteiger partial charge in [0.1, 0.15) is 6.61 Å². The SMILES string of the molecule is CCCCCCCCCCC(=O)COC1CCNCC1. The highest BCUT2D eigenvalue weighted by Crippen LogP contribution is 2.11. The number of rotatable bonds is 12. The van der Waals surface area contributed by atoms with Crippen molar-refractivity contribution < 1.29 is 9.53 Å². The molecule has 1 heterocycles. The minimum Gasteiger partial charge on any atom is -0.370 e. The Morgan fingerprint density at radius 2 is 1.60 bits per heavy atom. The van der Waals surface area contributed by atoms with E-state index < -0.39 is 0 Å². The van der Waals surface area contributed by atoms with Gasteiger partial charge in [-0.2, -0.15) is 0 Å². The van der Waals surface area contributed by atoms with Crippen molar-refractivity contribution in [3.05, 3.63) is 0 Å². The zero-order valence-corrected chi connectivity index (χ0v) is 13.3. The summed E-state index contributed by atoms with van der Waals surface area (Å²) in [5.74, 6) is 0.287. The van der Waals surface area contributed by atoms with E-state index in [9.17, 15) is 4.79 Å². The quantitative estimate of drug-likeness (QED) is 0.553. The Morgan fingerprint density at radius 1 is 1.00 bits per heavy atom. The minimum atomic E-state index is 0.287. The van der Waals surface area contributed by atoms with Gasteiger partial charge >= 0.3 is 0 Å². The van der Waals surface area contributed by atoms with Crippen molar-refractivity contribution in [3.8, 4) is 0 Å². The standard InChI is InChI=1S/C17H33NO2/c1-2-3-4-5-6-7-8-9-10-16(19)15-20-17-11-13-18-14-12-17/h17-18H,2-15H2,1H3. The zero-order chi connectivity index (χ0) is 14.5. The van der Waals surface area contributed by atoms with Gasteiger partial charge in [0, 0.05) is 6.42 Å². The lowest BCUT2D eigenvalue weighted by Crippen LogP contribution is -2.33. The van der Waals surface area contributed by atoms with E-state index in [1.165, 1.54) is 44.9 Å². The Hall–Kier alpha value is -0.410. The van der Waals surface area contributed by atoms with Crippen molar-refractivity contribution in [1.29, 1.82) is 0 Å². The number of unbranched alkanes of at least 4 members (excludes halogenated alkanes) is 7. The van der Waals surface area contributed by atoms with Gasteiger partial charge in [0.2, 0.25) is 0 Å². The van der Waals surface area contributed by atoms with Crippen LogP contribution in [0.2, 0.25) is 0 Å². The third-order valence-corrected chi connectivity index (χ3v) is 4.08. The Labute approximate surface area is 124 Å². The molecule has 0 aromatic carbocycles. The number of nitrogens with one attached hydrogen (secondary N) is 1. The fraction of sp³-hybridized carbons (Fsp3) is 0.941. The second-order valence-corrected chi connectivity index (χ2v) is 6.02. The number of hydrogen-bond acceptors (Lipinski definition) is 3. The number of carbonyl (C=O) groups excluding carboxylic acids is 1. The molecule has 20 heavy (non-hydrogen) atoms. The van der Waals surface area contributed by atoms with Crippen LogP contribution in [0.5, 0.6) is 0 Å². The van der Waals surface area contributed by atoms with E-state index in [-0.39, 0.29) is 5.78 Å². The molecule has 0 aromatic rings. The summed E-state index contributed by atoms with van der Waals surface area (Å²) in [6.45, 7) is 4.63. The zero-order valence-electron chi connectivity index (χ0n) is 13.3. The molecule has 1 aliphatic rings. The third-order valence-electron chi connectivity index (χ3n) is 4.08. The van der Waals surface area contributed by atoms with E-state index in [1.807, 2.05) is 0 Å². The summed E-state index contributed by atoms with van der Waals surface area (Å²) in [7, 11) is 0. The van der Waals surface area contributed by atoms with Crippen LogP contribution in [0.4, 0.5) is 0 Å². The van der Waals surface area contributed by atoms with Crippen LogP contribution >= 0.6 is 0 Å². The summed E-state index contributed by atoms with van der Waals surface area (Å²) in [6.07, 6.45) is 13.4. The second-order valence-electron chi connectivity index (χ2n) is 6.02. The van der Waals surface area contributed by atoms with Crippen LogP contribution in [0, 0.1) is 0 Å². The highest BCUT2D eigenvalue weighted by molar-refractivity contribution is 5.79. The molecule has 1 rings (SSSR count). The largest absolute Gasteiger partial charge is 0.370 e. The minimum absolute atomic E-state index is 0.287. The summed E-state index contributed by atoms with van der Waals surface area (Å²) >= 11 is 0. The van der Waals surface area contributed by atoms with Gasteiger partial charge in [0.25, 0.3) is 0 Å². The normalized spacial score (nSPS) is 16.4. The van der Waals surface area contributed by atoms with E-state index >= 15 is 0 Å². The van der Waals surface area contributed by atoms with E-state index in [0.29, 0.717) is 19.1 Å². The number of hydrogen-bond donors (Lipinski definition) is 1. The van der Waals surface area contributed by atoms with Crippen LogP contribution in [-0.4, -0.2) is 31.6 Å².